The van der Waals surface area contributed by atoms with Crippen LogP contribution in [0.4, 0.5) is 0 Å². The molecule has 418 valence electrons. The Balaban J connectivity index is 2.22. The number of carbonyl (C=O) groups is 1. The monoisotopic (exact) mass is 1000 g/mol. The van der Waals surface area contributed by atoms with E-state index in [9.17, 15) is 30.3 Å². The summed E-state index contributed by atoms with van der Waals surface area (Å²) in [6, 6.07) is -0.823. The minimum absolute atomic E-state index is 0.185. The smallest absolute Gasteiger partial charge is 0.220 e. The molecule has 1 amide bonds. The van der Waals surface area contributed by atoms with Crippen molar-refractivity contribution in [2.75, 3.05) is 13.2 Å². The normalized spacial score (nSPS) is 19.5. The number of unbranched alkanes of at least 4 members (excludes halogenated alkanes) is 39. The van der Waals surface area contributed by atoms with Crippen molar-refractivity contribution in [3.8, 4) is 0 Å². The van der Waals surface area contributed by atoms with Crippen molar-refractivity contribution in [1.29, 1.82) is 0 Å². The summed E-state index contributed by atoms with van der Waals surface area (Å²) in [6.45, 7) is 3.80. The number of allylic oxidation sites excluding steroid dienone is 5. The van der Waals surface area contributed by atoms with Gasteiger partial charge in [0.15, 0.2) is 6.29 Å². The Morgan fingerprint density at radius 1 is 0.465 bits per heavy atom. The number of ether oxygens (including phenoxy) is 2. The van der Waals surface area contributed by atoms with E-state index in [2.05, 4.69) is 43.5 Å². The number of amides is 1. The maximum atomic E-state index is 13.1. The Labute approximate surface area is 438 Å². The molecule has 1 heterocycles. The number of aliphatic hydroxyl groups excluding tert-OH is 5. The van der Waals surface area contributed by atoms with Gasteiger partial charge in [-0.25, -0.2) is 0 Å². The standard InChI is InChI=1S/C62H117NO8/c1-3-5-7-9-11-13-15-17-19-21-23-25-27-28-30-32-34-36-38-40-42-44-46-48-50-52-58(66)63-55(54-70-62-61(69)60(68)59(67)57(53-64)71-62)56(65)51-49-47-45-43-41-39-37-35-33-31-29-26-24-22-20-18-16-14-12-10-8-6-4-2/h28,30,41,43,49,51,55-57,59-62,64-65,67-69H,3-27,29,31-40,42,44-48,50,52-54H2,1-2H3,(H,63,66)/b30-28-,43-41+,51-49+. The first kappa shape index (κ1) is 67.4. The number of hydrogen-bond donors (Lipinski definition) is 6. The van der Waals surface area contributed by atoms with Gasteiger partial charge in [-0.3, -0.25) is 4.79 Å². The highest BCUT2D eigenvalue weighted by molar-refractivity contribution is 5.76. The number of rotatable bonds is 53. The zero-order valence-corrected chi connectivity index (χ0v) is 46.5. The Morgan fingerprint density at radius 2 is 0.803 bits per heavy atom. The molecule has 0 bridgehead atoms. The molecule has 0 aliphatic carbocycles. The molecule has 9 nitrogen and oxygen atoms in total. The maximum absolute atomic E-state index is 13.1. The van der Waals surface area contributed by atoms with Crippen LogP contribution >= 0.6 is 0 Å². The van der Waals surface area contributed by atoms with Crippen molar-refractivity contribution < 1.29 is 39.8 Å². The van der Waals surface area contributed by atoms with Crippen molar-refractivity contribution in [3.63, 3.8) is 0 Å². The van der Waals surface area contributed by atoms with Gasteiger partial charge in [-0.15, -0.1) is 0 Å². The zero-order valence-electron chi connectivity index (χ0n) is 46.5. The quantitative estimate of drug-likeness (QED) is 0.0261. The molecule has 0 spiro atoms. The highest BCUT2D eigenvalue weighted by atomic mass is 16.7. The van der Waals surface area contributed by atoms with Crippen molar-refractivity contribution in [1.82, 2.24) is 5.32 Å². The van der Waals surface area contributed by atoms with E-state index in [-0.39, 0.29) is 12.5 Å². The third-order valence-corrected chi connectivity index (χ3v) is 14.7. The highest BCUT2D eigenvalue weighted by Crippen LogP contribution is 2.23. The predicted molar refractivity (Wildman–Crippen MR) is 300 cm³/mol. The van der Waals surface area contributed by atoms with Crippen LogP contribution in [0, 0.1) is 0 Å². The molecule has 1 rings (SSSR count). The van der Waals surface area contributed by atoms with Crippen LogP contribution in [-0.2, 0) is 14.3 Å². The lowest BCUT2D eigenvalue weighted by Gasteiger charge is -2.40. The van der Waals surface area contributed by atoms with Crippen LogP contribution in [0.5, 0.6) is 0 Å². The lowest BCUT2D eigenvalue weighted by atomic mass is 9.99. The fraction of sp³-hybridized carbons (Fsp3) is 0.887. The molecule has 0 radical (unpaired) electrons. The van der Waals surface area contributed by atoms with Gasteiger partial charge < -0.3 is 40.3 Å². The van der Waals surface area contributed by atoms with Gasteiger partial charge in [-0.1, -0.05) is 269 Å². The summed E-state index contributed by atoms with van der Waals surface area (Å²) in [4.78, 5) is 13.1. The lowest BCUT2D eigenvalue weighted by Crippen LogP contribution is -2.60. The van der Waals surface area contributed by atoms with E-state index in [1.54, 1.807) is 6.08 Å². The predicted octanol–water partition coefficient (Wildman–Crippen LogP) is 15.5. The Morgan fingerprint density at radius 3 is 1.18 bits per heavy atom. The summed E-state index contributed by atoms with van der Waals surface area (Å²) in [7, 11) is 0. The second-order valence-electron chi connectivity index (χ2n) is 21.5. The molecule has 1 aliphatic rings. The molecule has 0 aromatic carbocycles. The summed E-state index contributed by atoms with van der Waals surface area (Å²) < 4.78 is 11.3. The molecule has 0 aromatic heterocycles. The van der Waals surface area contributed by atoms with Gasteiger partial charge in [-0.2, -0.15) is 0 Å². The first-order chi connectivity index (χ1) is 34.8. The van der Waals surface area contributed by atoms with E-state index in [1.165, 1.54) is 238 Å². The van der Waals surface area contributed by atoms with Gasteiger partial charge in [-0.05, 0) is 57.8 Å². The van der Waals surface area contributed by atoms with Crippen LogP contribution in [0.2, 0.25) is 0 Å². The van der Waals surface area contributed by atoms with Crippen LogP contribution in [0.15, 0.2) is 36.5 Å². The molecule has 1 aliphatic heterocycles. The Kier molecular flexibility index (Phi) is 49.3. The van der Waals surface area contributed by atoms with E-state index >= 15 is 0 Å². The fourth-order valence-corrected chi connectivity index (χ4v) is 9.82. The van der Waals surface area contributed by atoms with Crippen LogP contribution in [0.1, 0.15) is 296 Å². The molecule has 0 aromatic rings. The van der Waals surface area contributed by atoms with Crippen molar-refractivity contribution in [3.05, 3.63) is 36.5 Å². The van der Waals surface area contributed by atoms with E-state index in [0.717, 1.165) is 38.5 Å². The summed E-state index contributed by atoms with van der Waals surface area (Å²) in [5.41, 5.74) is 0. The second kappa shape index (κ2) is 51.9. The first-order valence-corrected chi connectivity index (χ1v) is 30.7. The summed E-state index contributed by atoms with van der Waals surface area (Å²) in [6.07, 6.45) is 60.8. The number of carbonyl (C=O) groups excluding carboxylic acids is 1. The minimum atomic E-state index is -1.57. The first-order valence-electron chi connectivity index (χ1n) is 30.7. The van der Waals surface area contributed by atoms with Gasteiger partial charge >= 0.3 is 0 Å². The molecular formula is C62H117NO8. The number of hydrogen-bond acceptors (Lipinski definition) is 8. The summed E-state index contributed by atoms with van der Waals surface area (Å²) in [5.74, 6) is -0.185. The molecule has 7 unspecified atom stereocenters. The molecule has 1 saturated heterocycles. The molecule has 0 saturated carbocycles. The van der Waals surface area contributed by atoms with Gasteiger partial charge in [0.1, 0.15) is 24.4 Å². The van der Waals surface area contributed by atoms with Gasteiger partial charge in [0, 0.05) is 6.42 Å². The van der Waals surface area contributed by atoms with Crippen molar-refractivity contribution in [2.24, 2.45) is 0 Å². The largest absolute Gasteiger partial charge is 0.394 e. The topological polar surface area (TPSA) is 149 Å². The average molecular weight is 1000 g/mol. The lowest BCUT2D eigenvalue weighted by molar-refractivity contribution is -0.302. The van der Waals surface area contributed by atoms with E-state index < -0.39 is 49.5 Å². The van der Waals surface area contributed by atoms with E-state index in [0.29, 0.717) is 6.42 Å². The molecular weight excluding hydrogens is 887 g/mol. The van der Waals surface area contributed by atoms with E-state index in [1.807, 2.05) is 6.08 Å². The highest BCUT2D eigenvalue weighted by Gasteiger charge is 2.44. The Hall–Kier alpha value is -1.59. The van der Waals surface area contributed by atoms with Crippen LogP contribution in [0.25, 0.3) is 0 Å². The second-order valence-corrected chi connectivity index (χ2v) is 21.5. The minimum Gasteiger partial charge on any atom is -0.394 e. The Bertz CT molecular complexity index is 1210. The molecule has 1 fully saturated rings. The third kappa shape index (κ3) is 41.4. The van der Waals surface area contributed by atoms with Crippen LogP contribution < -0.4 is 5.32 Å². The summed E-state index contributed by atoms with van der Waals surface area (Å²) >= 11 is 0. The van der Waals surface area contributed by atoms with Crippen molar-refractivity contribution in [2.45, 2.75) is 339 Å². The van der Waals surface area contributed by atoms with Gasteiger partial charge in [0.25, 0.3) is 0 Å². The van der Waals surface area contributed by atoms with Crippen LogP contribution in [0.3, 0.4) is 0 Å². The van der Waals surface area contributed by atoms with Crippen molar-refractivity contribution >= 4 is 5.91 Å². The number of nitrogens with one attached hydrogen (secondary N) is 1. The average Bonchev–Trinajstić information content (AvgIpc) is 3.37. The third-order valence-electron chi connectivity index (χ3n) is 14.7. The van der Waals surface area contributed by atoms with Gasteiger partial charge in [0.05, 0.1) is 25.4 Å². The van der Waals surface area contributed by atoms with Gasteiger partial charge in [0.2, 0.25) is 5.91 Å². The SMILES string of the molecule is CCCCCCCCCCCCCC/C=C\CCCCCCCCCCCC(=O)NC(COC1OC(CO)C(O)C(O)C1O)C(O)/C=C/CC/C=C/CCCCCCCCCCCCCCCCCCC. The fourth-order valence-electron chi connectivity index (χ4n) is 9.82. The molecule has 9 heteroatoms. The summed E-state index contributed by atoms with van der Waals surface area (Å²) in [5, 5.41) is 54.6. The maximum Gasteiger partial charge on any atom is 0.220 e. The molecule has 6 N–H and O–H groups in total. The van der Waals surface area contributed by atoms with E-state index in [4.69, 9.17) is 9.47 Å². The molecule has 71 heavy (non-hydrogen) atoms. The number of aliphatic hydroxyl groups is 5. The molecule has 7 atom stereocenters. The zero-order chi connectivity index (χ0) is 51.5. The van der Waals surface area contributed by atoms with Crippen LogP contribution in [-0.4, -0.2) is 87.5 Å².